The van der Waals surface area contributed by atoms with E-state index in [-0.39, 0.29) is 74.0 Å². The number of β-amino-alcohol motifs (C(OH)–C–C–N with tert-alkyl or cyclic N) is 1. The minimum absolute atomic E-state index is 0.0122. The number of nitrogens with zero attached hydrogens (tertiary/aromatic N) is 7. The molecule has 2 aromatic carbocycles. The number of carbonyl (C=O) groups excluding carboxylic acids is 1. The number of aliphatic hydroxyl groups is 1. The highest BCUT2D eigenvalue weighted by Crippen LogP contribution is 2.41. The number of aliphatic hydroxyl groups excluding tert-OH is 1. The number of piperazine rings is 1. The predicted molar refractivity (Wildman–Crippen MR) is 183 cm³/mol. The number of alkyl halides is 1. The largest absolute Gasteiger partial charge is 0.508 e. The van der Waals surface area contributed by atoms with Gasteiger partial charge in [0.15, 0.2) is 0 Å². The van der Waals surface area contributed by atoms with Crippen LogP contribution in [0.1, 0.15) is 36.6 Å². The molecule has 13 heteroatoms. The Hall–Kier alpha value is -4.98. The molecule has 1 unspecified atom stereocenters. The standard InChI is InChI=1S/C37H39F2N7O4/c1-4-27-29(39)7-6-22-13-26(48)14-31(34(22)27)43-9-8-28-30(19-43)41-36(50-21-37(3)15-24(38)17-45(37)10-11-47)42-35(28)44-18-25-12-23(16-40)32(20-44)46(25)33(49)5-2/h1,5-7,13-14,23-25,32,47-48H,2,8-12,15,17-21H2,3H3/t23?,24-,25-,32-,37+/m1/s1. The van der Waals surface area contributed by atoms with Crippen LogP contribution in [0.25, 0.3) is 10.8 Å². The number of terminal acetylenes is 1. The number of hydrogen-bond donors (Lipinski definition) is 2. The van der Waals surface area contributed by atoms with E-state index in [1.54, 1.807) is 23.1 Å². The van der Waals surface area contributed by atoms with Crippen LogP contribution in [0.2, 0.25) is 0 Å². The van der Waals surface area contributed by atoms with Gasteiger partial charge in [-0.3, -0.25) is 9.69 Å². The number of fused-ring (bicyclic) bond motifs is 4. The maximum Gasteiger partial charge on any atom is 0.318 e. The van der Waals surface area contributed by atoms with Gasteiger partial charge < -0.3 is 29.6 Å². The summed E-state index contributed by atoms with van der Waals surface area (Å²) in [7, 11) is 0. The van der Waals surface area contributed by atoms with Crippen LogP contribution in [0.3, 0.4) is 0 Å². The highest BCUT2D eigenvalue weighted by molar-refractivity contribution is 6.00. The van der Waals surface area contributed by atoms with Gasteiger partial charge in [-0.25, -0.2) is 8.78 Å². The number of aromatic nitrogens is 2. The molecule has 1 aromatic heterocycles. The zero-order valence-corrected chi connectivity index (χ0v) is 27.9. The van der Waals surface area contributed by atoms with Crippen molar-refractivity contribution in [3.63, 3.8) is 0 Å². The number of likely N-dealkylation sites (tertiary alicyclic amines) is 1. The van der Waals surface area contributed by atoms with Crippen LogP contribution in [0.5, 0.6) is 11.8 Å². The molecular formula is C37H39F2N7O4. The third-order valence-corrected chi connectivity index (χ3v) is 10.7. The highest BCUT2D eigenvalue weighted by atomic mass is 19.1. The molecule has 260 valence electrons. The molecule has 3 aromatic rings. The number of rotatable bonds is 8. The topological polar surface area (TPSA) is 129 Å². The molecule has 0 radical (unpaired) electrons. The molecule has 3 fully saturated rings. The number of carbonyl (C=O) groups is 1. The lowest BCUT2D eigenvalue weighted by atomic mass is 9.98. The number of phenolic OH excluding ortho intramolecular Hbond substituents is 1. The van der Waals surface area contributed by atoms with E-state index in [4.69, 9.17) is 21.1 Å². The van der Waals surface area contributed by atoms with Crippen molar-refractivity contribution in [2.75, 3.05) is 55.7 Å². The average Bonchev–Trinajstić information content (AvgIpc) is 3.52. The van der Waals surface area contributed by atoms with E-state index in [1.807, 2.05) is 16.7 Å². The zero-order chi connectivity index (χ0) is 35.3. The molecule has 0 saturated carbocycles. The fraction of sp³-hybridized carbons (Fsp3) is 0.459. The van der Waals surface area contributed by atoms with Crippen molar-refractivity contribution in [2.24, 2.45) is 5.92 Å². The van der Waals surface area contributed by atoms with Gasteiger partial charge in [-0.1, -0.05) is 18.6 Å². The fourth-order valence-electron chi connectivity index (χ4n) is 8.42. The summed E-state index contributed by atoms with van der Waals surface area (Å²) in [6, 6.07) is 7.93. The number of hydrogen-bond acceptors (Lipinski definition) is 10. The molecule has 5 heterocycles. The van der Waals surface area contributed by atoms with Gasteiger partial charge >= 0.3 is 6.01 Å². The Morgan fingerprint density at radius 1 is 1.26 bits per heavy atom. The Kier molecular flexibility index (Phi) is 8.75. The van der Waals surface area contributed by atoms with Crippen LogP contribution in [0.4, 0.5) is 20.3 Å². The third kappa shape index (κ3) is 5.74. The van der Waals surface area contributed by atoms with Gasteiger partial charge in [0.2, 0.25) is 5.91 Å². The second kappa shape index (κ2) is 13.0. The Morgan fingerprint density at radius 3 is 2.82 bits per heavy atom. The summed E-state index contributed by atoms with van der Waals surface area (Å²) in [6.45, 7) is 7.62. The summed E-state index contributed by atoms with van der Waals surface area (Å²) in [6.07, 6.45) is 7.27. The Balaban J connectivity index is 1.27. The molecule has 50 heavy (non-hydrogen) atoms. The molecule has 7 rings (SSSR count). The molecule has 4 aliphatic heterocycles. The van der Waals surface area contributed by atoms with Crippen molar-refractivity contribution in [3.05, 3.63) is 59.6 Å². The maximum atomic E-state index is 14.9. The van der Waals surface area contributed by atoms with E-state index in [2.05, 4.69) is 23.5 Å². The van der Waals surface area contributed by atoms with Crippen molar-refractivity contribution < 1.29 is 28.5 Å². The van der Waals surface area contributed by atoms with E-state index in [0.717, 1.165) is 5.56 Å². The Bertz CT molecular complexity index is 1950. The van der Waals surface area contributed by atoms with Crippen LogP contribution >= 0.6 is 0 Å². The van der Waals surface area contributed by atoms with Gasteiger partial charge in [-0.2, -0.15) is 15.2 Å². The summed E-state index contributed by atoms with van der Waals surface area (Å²) in [5.74, 6) is 2.07. The number of amides is 1. The van der Waals surface area contributed by atoms with Crippen molar-refractivity contribution in [2.45, 2.75) is 56.5 Å². The number of ether oxygens (including phenoxy) is 1. The number of anilines is 2. The lowest BCUT2D eigenvalue weighted by Gasteiger charge is -2.42. The normalized spacial score (nSPS) is 26.1. The quantitative estimate of drug-likeness (QED) is 0.270. The van der Waals surface area contributed by atoms with Crippen molar-refractivity contribution in [1.29, 1.82) is 5.26 Å². The lowest BCUT2D eigenvalue weighted by molar-refractivity contribution is -0.129. The summed E-state index contributed by atoms with van der Waals surface area (Å²) < 4.78 is 35.8. The first-order valence-electron chi connectivity index (χ1n) is 16.9. The highest BCUT2D eigenvalue weighted by Gasteiger charge is 2.49. The molecule has 5 atom stereocenters. The molecule has 0 spiro atoms. The SMILES string of the molecule is C#Cc1c(F)ccc2cc(O)cc(N3CCc4c(nc(OC[C@]5(C)C[C@@H](F)CN5CCO)nc4N4C[C@H]5CC(C#N)[C@@H](C4)N5C(=O)C=C)C3)c12. The summed E-state index contributed by atoms with van der Waals surface area (Å²) in [5, 5.41) is 31.3. The molecule has 2 N–H and O–H groups in total. The predicted octanol–water partition coefficient (Wildman–Crippen LogP) is 3.31. The molecule has 4 aliphatic rings. The van der Waals surface area contributed by atoms with E-state index < -0.39 is 17.5 Å². The zero-order valence-electron chi connectivity index (χ0n) is 27.9. The third-order valence-electron chi connectivity index (χ3n) is 10.7. The molecule has 1 amide bonds. The van der Waals surface area contributed by atoms with Crippen LogP contribution < -0.4 is 14.5 Å². The van der Waals surface area contributed by atoms with E-state index in [9.17, 15) is 29.1 Å². The van der Waals surface area contributed by atoms with Crippen LogP contribution in [0.15, 0.2) is 36.9 Å². The number of benzene rings is 2. The van der Waals surface area contributed by atoms with Crippen LogP contribution in [0, 0.1) is 35.4 Å². The van der Waals surface area contributed by atoms with Gasteiger partial charge in [0.25, 0.3) is 0 Å². The number of nitriles is 1. The van der Waals surface area contributed by atoms with Crippen LogP contribution in [-0.2, 0) is 17.8 Å². The van der Waals surface area contributed by atoms with Gasteiger partial charge in [0.1, 0.15) is 30.2 Å². The second-order valence-corrected chi connectivity index (χ2v) is 13.9. The Labute approximate surface area is 289 Å². The fourth-order valence-corrected chi connectivity index (χ4v) is 8.42. The summed E-state index contributed by atoms with van der Waals surface area (Å²) in [5.41, 5.74) is 1.52. The lowest BCUT2D eigenvalue weighted by Crippen LogP contribution is -2.56. The van der Waals surface area contributed by atoms with Crippen LogP contribution in [-0.4, -0.2) is 106 Å². The monoisotopic (exact) mass is 683 g/mol. The van der Waals surface area contributed by atoms with E-state index in [1.165, 1.54) is 12.1 Å². The molecule has 2 bridgehead atoms. The van der Waals surface area contributed by atoms with E-state index in [0.29, 0.717) is 67.0 Å². The first-order chi connectivity index (χ1) is 24.1. The second-order valence-electron chi connectivity index (χ2n) is 13.9. The first-order valence-corrected chi connectivity index (χ1v) is 16.9. The maximum absolute atomic E-state index is 14.9. The van der Waals surface area contributed by atoms with E-state index >= 15 is 0 Å². The summed E-state index contributed by atoms with van der Waals surface area (Å²) in [4.78, 5) is 30.4. The number of phenols is 1. The average molecular weight is 684 g/mol. The summed E-state index contributed by atoms with van der Waals surface area (Å²) >= 11 is 0. The number of halogens is 2. The Morgan fingerprint density at radius 2 is 2.08 bits per heavy atom. The van der Waals surface area contributed by atoms with Gasteiger partial charge in [0.05, 0.1) is 54.0 Å². The smallest absolute Gasteiger partial charge is 0.318 e. The minimum atomic E-state index is -1.06. The van der Waals surface area contributed by atoms with Crippen molar-refractivity contribution in [1.82, 2.24) is 19.8 Å². The van der Waals surface area contributed by atoms with Gasteiger partial charge in [0, 0.05) is 61.8 Å². The number of aromatic hydroxyl groups is 1. The first kappa shape index (κ1) is 33.5. The minimum Gasteiger partial charge on any atom is -0.508 e. The molecule has 0 aliphatic carbocycles. The van der Waals surface area contributed by atoms with Crippen molar-refractivity contribution >= 4 is 28.2 Å². The molecular weight excluding hydrogens is 644 g/mol. The van der Waals surface area contributed by atoms with Gasteiger partial charge in [-0.05, 0) is 43.4 Å². The molecule has 3 saturated heterocycles. The van der Waals surface area contributed by atoms with Gasteiger partial charge in [-0.15, -0.1) is 6.42 Å². The van der Waals surface area contributed by atoms with Crippen molar-refractivity contribution in [3.8, 4) is 30.2 Å². The molecule has 11 nitrogen and oxygen atoms in total.